The average molecular weight is 252 g/mol. The van der Waals surface area contributed by atoms with Gasteiger partial charge in [0.1, 0.15) is 0 Å². The highest BCUT2D eigenvalue weighted by atomic mass is 35.5. The monoisotopic (exact) mass is 251 g/mol. The molecule has 1 aromatic rings. The van der Waals surface area contributed by atoms with Crippen molar-refractivity contribution in [2.24, 2.45) is 5.92 Å². The lowest BCUT2D eigenvalue weighted by molar-refractivity contribution is 0.0856. The zero-order valence-corrected chi connectivity index (χ0v) is 11.1. The third-order valence-electron chi connectivity index (χ3n) is 3.42. The summed E-state index contributed by atoms with van der Waals surface area (Å²) in [6.45, 7) is 3.99. The van der Waals surface area contributed by atoms with Crippen LogP contribution in [0.25, 0.3) is 0 Å². The van der Waals surface area contributed by atoms with E-state index in [1.165, 1.54) is 0 Å². The van der Waals surface area contributed by atoms with Crippen LogP contribution in [0.15, 0.2) is 18.2 Å². The number of benzene rings is 1. The third-order valence-corrected chi connectivity index (χ3v) is 3.63. The van der Waals surface area contributed by atoms with Crippen molar-refractivity contribution in [3.8, 4) is 0 Å². The number of Topliss-reactive ketones (excluding diaryl/α,β-unsaturated/α-hetero) is 1. The molecule has 1 aliphatic heterocycles. The molecular formula is C14H18ClNO. The van der Waals surface area contributed by atoms with E-state index in [1.807, 2.05) is 19.1 Å². The molecule has 2 nitrogen and oxygen atoms in total. The summed E-state index contributed by atoms with van der Waals surface area (Å²) in [5, 5.41) is 0.654. The van der Waals surface area contributed by atoms with Crippen molar-refractivity contribution in [1.82, 2.24) is 4.90 Å². The van der Waals surface area contributed by atoms with Gasteiger partial charge in [-0.1, -0.05) is 11.6 Å². The molecular weight excluding hydrogens is 234 g/mol. The number of ketones is 1. The van der Waals surface area contributed by atoms with Crippen LogP contribution in [0.2, 0.25) is 5.02 Å². The standard InChI is InChI=1S/C14H18ClNO/c1-10-7-12(9-13(15)8-10)14(17)11-3-5-16(2)6-4-11/h7-9,11H,3-6H2,1-2H3. The number of likely N-dealkylation sites (tertiary alicyclic amines) is 1. The maximum Gasteiger partial charge on any atom is 0.166 e. The van der Waals surface area contributed by atoms with E-state index in [9.17, 15) is 4.79 Å². The van der Waals surface area contributed by atoms with Crippen molar-refractivity contribution >= 4 is 17.4 Å². The second kappa shape index (κ2) is 5.19. The summed E-state index contributed by atoms with van der Waals surface area (Å²) >= 11 is 6.00. The molecule has 92 valence electrons. The van der Waals surface area contributed by atoms with Gasteiger partial charge in [0.15, 0.2) is 5.78 Å². The molecule has 1 fully saturated rings. The number of hydrogen-bond acceptors (Lipinski definition) is 2. The lowest BCUT2D eigenvalue weighted by Crippen LogP contribution is -2.33. The predicted octanol–water partition coefficient (Wildman–Crippen LogP) is 3.17. The molecule has 0 saturated carbocycles. The van der Waals surface area contributed by atoms with Crippen molar-refractivity contribution in [3.63, 3.8) is 0 Å². The Morgan fingerprint density at radius 1 is 1.29 bits per heavy atom. The molecule has 3 heteroatoms. The summed E-state index contributed by atoms with van der Waals surface area (Å²) in [7, 11) is 2.10. The van der Waals surface area contributed by atoms with E-state index in [2.05, 4.69) is 11.9 Å². The fourth-order valence-electron chi connectivity index (χ4n) is 2.39. The van der Waals surface area contributed by atoms with Gasteiger partial charge in [0.05, 0.1) is 0 Å². The number of carbonyl (C=O) groups excluding carboxylic acids is 1. The van der Waals surface area contributed by atoms with Crippen LogP contribution in [0.4, 0.5) is 0 Å². The van der Waals surface area contributed by atoms with Gasteiger partial charge in [0, 0.05) is 16.5 Å². The van der Waals surface area contributed by atoms with Gasteiger partial charge in [-0.3, -0.25) is 4.79 Å². The zero-order valence-electron chi connectivity index (χ0n) is 10.4. The highest BCUT2D eigenvalue weighted by Gasteiger charge is 2.24. The number of rotatable bonds is 2. The number of hydrogen-bond donors (Lipinski definition) is 0. The van der Waals surface area contributed by atoms with Crippen molar-refractivity contribution in [2.75, 3.05) is 20.1 Å². The van der Waals surface area contributed by atoms with Gasteiger partial charge >= 0.3 is 0 Å². The lowest BCUT2D eigenvalue weighted by Gasteiger charge is -2.28. The van der Waals surface area contributed by atoms with Crippen molar-refractivity contribution < 1.29 is 4.79 Å². The van der Waals surface area contributed by atoms with Crippen LogP contribution >= 0.6 is 11.6 Å². The molecule has 0 aromatic heterocycles. The van der Waals surface area contributed by atoms with E-state index in [1.54, 1.807) is 6.07 Å². The molecule has 1 heterocycles. The molecule has 17 heavy (non-hydrogen) atoms. The zero-order chi connectivity index (χ0) is 12.4. The topological polar surface area (TPSA) is 20.3 Å². The fraction of sp³-hybridized carbons (Fsp3) is 0.500. The quantitative estimate of drug-likeness (QED) is 0.753. The first kappa shape index (κ1) is 12.6. The van der Waals surface area contributed by atoms with Gasteiger partial charge in [-0.25, -0.2) is 0 Å². The molecule has 2 rings (SSSR count). The van der Waals surface area contributed by atoms with Crippen LogP contribution in [-0.2, 0) is 0 Å². The van der Waals surface area contributed by atoms with E-state index < -0.39 is 0 Å². The number of piperidine rings is 1. The second-order valence-corrected chi connectivity index (χ2v) is 5.40. The summed E-state index contributed by atoms with van der Waals surface area (Å²) in [5.74, 6) is 0.424. The van der Waals surface area contributed by atoms with Gasteiger partial charge in [-0.05, 0) is 63.7 Å². The van der Waals surface area contributed by atoms with Crippen molar-refractivity contribution in [2.45, 2.75) is 19.8 Å². The van der Waals surface area contributed by atoms with Crippen LogP contribution in [-0.4, -0.2) is 30.8 Å². The molecule has 0 unspecified atom stereocenters. The number of halogens is 1. The molecule has 1 aromatic carbocycles. The van der Waals surface area contributed by atoms with E-state index in [0.717, 1.165) is 37.1 Å². The largest absolute Gasteiger partial charge is 0.306 e. The normalized spacial score (nSPS) is 18.3. The molecule has 0 spiro atoms. The molecule has 0 bridgehead atoms. The van der Waals surface area contributed by atoms with Crippen LogP contribution < -0.4 is 0 Å². The Morgan fingerprint density at radius 2 is 1.94 bits per heavy atom. The minimum absolute atomic E-state index is 0.170. The van der Waals surface area contributed by atoms with Crippen LogP contribution in [0, 0.1) is 12.8 Å². The first-order chi connectivity index (χ1) is 8.06. The Kier molecular flexibility index (Phi) is 3.85. The molecule has 0 radical (unpaired) electrons. The Bertz CT molecular complexity index is 402. The first-order valence-electron chi connectivity index (χ1n) is 6.06. The Hall–Kier alpha value is -0.860. The molecule has 0 aliphatic carbocycles. The number of nitrogens with zero attached hydrogens (tertiary/aromatic N) is 1. The Balaban J connectivity index is 2.14. The van der Waals surface area contributed by atoms with Crippen LogP contribution in [0.1, 0.15) is 28.8 Å². The lowest BCUT2D eigenvalue weighted by atomic mass is 9.88. The second-order valence-electron chi connectivity index (χ2n) is 4.96. The van der Waals surface area contributed by atoms with Gasteiger partial charge in [-0.15, -0.1) is 0 Å². The minimum Gasteiger partial charge on any atom is -0.306 e. The van der Waals surface area contributed by atoms with Gasteiger partial charge < -0.3 is 4.90 Å². The maximum atomic E-state index is 12.3. The summed E-state index contributed by atoms with van der Waals surface area (Å²) in [6, 6.07) is 5.61. The van der Waals surface area contributed by atoms with E-state index in [4.69, 9.17) is 11.6 Å². The molecule has 0 atom stereocenters. The van der Waals surface area contributed by atoms with Crippen LogP contribution in [0.5, 0.6) is 0 Å². The van der Waals surface area contributed by atoms with E-state index in [0.29, 0.717) is 5.02 Å². The summed E-state index contributed by atoms with van der Waals surface area (Å²) in [5.41, 5.74) is 1.82. The van der Waals surface area contributed by atoms with Crippen LogP contribution in [0.3, 0.4) is 0 Å². The summed E-state index contributed by atoms with van der Waals surface area (Å²) in [4.78, 5) is 14.6. The van der Waals surface area contributed by atoms with Gasteiger partial charge in [-0.2, -0.15) is 0 Å². The molecule has 0 amide bonds. The van der Waals surface area contributed by atoms with Gasteiger partial charge in [0.2, 0.25) is 0 Å². The first-order valence-corrected chi connectivity index (χ1v) is 6.44. The van der Waals surface area contributed by atoms with Crippen molar-refractivity contribution in [3.05, 3.63) is 34.3 Å². The van der Waals surface area contributed by atoms with Crippen molar-refractivity contribution in [1.29, 1.82) is 0 Å². The Morgan fingerprint density at radius 3 is 2.53 bits per heavy atom. The Labute approximate surface area is 108 Å². The minimum atomic E-state index is 0.170. The summed E-state index contributed by atoms with van der Waals surface area (Å²) < 4.78 is 0. The molecule has 1 saturated heterocycles. The van der Waals surface area contributed by atoms with Gasteiger partial charge in [0.25, 0.3) is 0 Å². The maximum absolute atomic E-state index is 12.3. The highest BCUT2D eigenvalue weighted by Crippen LogP contribution is 2.23. The molecule has 0 N–H and O–H groups in total. The van der Waals surface area contributed by atoms with E-state index in [-0.39, 0.29) is 11.7 Å². The molecule has 1 aliphatic rings. The number of carbonyl (C=O) groups is 1. The SMILES string of the molecule is Cc1cc(Cl)cc(C(=O)C2CCN(C)CC2)c1. The average Bonchev–Trinajstić information content (AvgIpc) is 2.28. The number of aryl methyl sites for hydroxylation is 1. The smallest absolute Gasteiger partial charge is 0.166 e. The predicted molar refractivity (Wildman–Crippen MR) is 70.7 cm³/mol. The highest BCUT2D eigenvalue weighted by molar-refractivity contribution is 6.31. The fourth-order valence-corrected chi connectivity index (χ4v) is 2.67. The third kappa shape index (κ3) is 3.08. The van der Waals surface area contributed by atoms with E-state index >= 15 is 0 Å². The summed E-state index contributed by atoms with van der Waals surface area (Å²) in [6.07, 6.45) is 1.92.